The Labute approximate surface area is 148 Å². The Morgan fingerprint density at radius 1 is 1.43 bits per heavy atom. The Balaban J connectivity index is 0.00000104. The topological polar surface area (TPSA) is 81.2 Å². The zero-order valence-electron chi connectivity index (χ0n) is 14.4. The molecule has 3 saturated heterocycles. The normalized spacial score (nSPS) is 26.2. The van der Waals surface area contributed by atoms with E-state index in [0.29, 0.717) is 23.7 Å². The van der Waals surface area contributed by atoms with Crippen LogP contribution in [0.15, 0.2) is 18.2 Å². The molecule has 3 fully saturated rings. The van der Waals surface area contributed by atoms with Crippen LogP contribution in [0, 0.1) is 5.92 Å². The number of carbonyl (C=O) groups is 1. The largest absolute Gasteiger partial charge is 1.00 e. The number of piperidine rings is 3. The maximum atomic E-state index is 11.4. The van der Waals surface area contributed by atoms with E-state index in [1.54, 1.807) is 12.1 Å². The summed E-state index contributed by atoms with van der Waals surface area (Å²) in [5.41, 5.74) is 1.90. The standard InChI is InChI=1S/C16H20N4O2.Li.H/c21-16(22)11-2-1-3-12-15(11)13(19-18-12)8-17-14-9-20-6-4-10(14)5-7-20;;/h1-3,10,14,17H,4-9H2,(H,18,19)(H,21,22);;/q;+1;-1. The second-order valence-corrected chi connectivity index (χ2v) is 6.33. The summed E-state index contributed by atoms with van der Waals surface area (Å²) in [6.07, 6.45) is 2.53. The molecular formula is C16H21LiN4O2. The summed E-state index contributed by atoms with van der Waals surface area (Å²) in [4.78, 5) is 13.9. The predicted octanol–water partition coefficient (Wildman–Crippen LogP) is -1.44. The molecule has 2 bridgehead atoms. The van der Waals surface area contributed by atoms with Crippen molar-refractivity contribution in [2.75, 3.05) is 19.6 Å². The Kier molecular flexibility index (Phi) is 4.79. The summed E-state index contributed by atoms with van der Waals surface area (Å²) in [5, 5.41) is 20.9. The summed E-state index contributed by atoms with van der Waals surface area (Å²) >= 11 is 0. The zero-order valence-corrected chi connectivity index (χ0v) is 13.4. The molecule has 0 radical (unpaired) electrons. The van der Waals surface area contributed by atoms with Gasteiger partial charge in [-0.05, 0) is 44.0 Å². The third kappa shape index (κ3) is 3.04. The SMILES string of the molecule is O=C(O)c1cccc2n[nH]c(CNC3CN4CCC3CC4)c12.[H-].[Li+]. The predicted molar refractivity (Wildman–Crippen MR) is 84.0 cm³/mol. The number of fused-ring (bicyclic) bond motifs is 4. The van der Waals surface area contributed by atoms with E-state index in [4.69, 9.17) is 0 Å². The molecule has 1 aromatic heterocycles. The van der Waals surface area contributed by atoms with Crippen LogP contribution < -0.4 is 24.2 Å². The number of nitrogens with zero attached hydrogens (tertiary/aromatic N) is 2. The van der Waals surface area contributed by atoms with Gasteiger partial charge in [-0.1, -0.05) is 6.07 Å². The van der Waals surface area contributed by atoms with Crippen molar-refractivity contribution < 1.29 is 30.2 Å². The molecule has 5 rings (SSSR count). The minimum Gasteiger partial charge on any atom is -1.00 e. The van der Waals surface area contributed by atoms with Crippen molar-refractivity contribution in [2.24, 2.45) is 5.92 Å². The fourth-order valence-electron chi connectivity index (χ4n) is 3.87. The van der Waals surface area contributed by atoms with Crippen LogP contribution in [0.5, 0.6) is 0 Å². The molecule has 3 aliphatic rings. The Hall–Kier alpha value is -1.32. The summed E-state index contributed by atoms with van der Waals surface area (Å²) in [6.45, 7) is 4.18. The average Bonchev–Trinajstić information content (AvgIpc) is 2.97. The van der Waals surface area contributed by atoms with Gasteiger partial charge in [0.05, 0.1) is 16.8 Å². The van der Waals surface area contributed by atoms with Crippen LogP contribution in [-0.2, 0) is 6.54 Å². The maximum Gasteiger partial charge on any atom is 1.00 e. The second kappa shape index (κ2) is 6.66. The molecule has 0 aliphatic carbocycles. The maximum absolute atomic E-state index is 11.4. The van der Waals surface area contributed by atoms with Gasteiger partial charge in [0.25, 0.3) is 0 Å². The summed E-state index contributed by atoms with van der Waals surface area (Å²) in [5.74, 6) is -0.158. The number of aromatic carboxylic acids is 1. The first-order valence-corrected chi connectivity index (χ1v) is 7.87. The molecule has 1 unspecified atom stereocenters. The monoisotopic (exact) mass is 308 g/mol. The molecular weight excluding hydrogens is 287 g/mol. The van der Waals surface area contributed by atoms with Gasteiger partial charge in [-0.25, -0.2) is 4.79 Å². The van der Waals surface area contributed by atoms with Crippen LogP contribution in [0.4, 0.5) is 0 Å². The summed E-state index contributed by atoms with van der Waals surface area (Å²) < 4.78 is 0. The number of aromatic amines is 1. The van der Waals surface area contributed by atoms with Gasteiger partial charge in [-0.2, -0.15) is 5.10 Å². The number of H-pyrrole nitrogens is 1. The minimum atomic E-state index is -0.906. The van der Waals surface area contributed by atoms with E-state index in [-0.39, 0.29) is 20.3 Å². The molecule has 0 spiro atoms. The van der Waals surface area contributed by atoms with Crippen LogP contribution in [0.2, 0.25) is 0 Å². The van der Waals surface area contributed by atoms with Crippen molar-refractivity contribution in [3.8, 4) is 0 Å². The average molecular weight is 308 g/mol. The number of hydrogen-bond donors (Lipinski definition) is 3. The molecule has 118 valence electrons. The first kappa shape index (κ1) is 16.5. The second-order valence-electron chi connectivity index (χ2n) is 6.33. The van der Waals surface area contributed by atoms with Gasteiger partial charge < -0.3 is 16.7 Å². The Morgan fingerprint density at radius 3 is 2.87 bits per heavy atom. The molecule has 6 nitrogen and oxygen atoms in total. The van der Waals surface area contributed by atoms with Crippen molar-refractivity contribution in [2.45, 2.75) is 25.4 Å². The van der Waals surface area contributed by atoms with Gasteiger partial charge in [0.2, 0.25) is 0 Å². The van der Waals surface area contributed by atoms with E-state index < -0.39 is 5.97 Å². The van der Waals surface area contributed by atoms with Crippen LogP contribution in [0.25, 0.3) is 10.9 Å². The third-order valence-electron chi connectivity index (χ3n) is 5.08. The fourth-order valence-corrected chi connectivity index (χ4v) is 3.87. The number of aromatic nitrogens is 2. The van der Waals surface area contributed by atoms with Crippen molar-refractivity contribution >= 4 is 16.9 Å². The number of rotatable bonds is 4. The summed E-state index contributed by atoms with van der Waals surface area (Å²) in [7, 11) is 0. The van der Waals surface area contributed by atoms with E-state index in [9.17, 15) is 9.90 Å². The number of nitrogens with one attached hydrogen (secondary N) is 2. The van der Waals surface area contributed by atoms with E-state index >= 15 is 0 Å². The van der Waals surface area contributed by atoms with Crippen LogP contribution in [-0.4, -0.2) is 51.8 Å². The van der Waals surface area contributed by atoms with E-state index in [1.807, 2.05) is 6.07 Å². The summed E-state index contributed by atoms with van der Waals surface area (Å²) in [6, 6.07) is 5.71. The molecule has 23 heavy (non-hydrogen) atoms. The molecule has 3 N–H and O–H groups in total. The Morgan fingerprint density at radius 2 is 2.22 bits per heavy atom. The van der Waals surface area contributed by atoms with Gasteiger partial charge in [0.1, 0.15) is 0 Å². The van der Waals surface area contributed by atoms with Gasteiger partial charge in [-0.15, -0.1) is 0 Å². The third-order valence-corrected chi connectivity index (χ3v) is 5.08. The molecule has 0 saturated carbocycles. The Bertz CT molecular complexity index is 715. The molecule has 1 aromatic carbocycles. The van der Waals surface area contributed by atoms with E-state index in [2.05, 4.69) is 20.4 Å². The van der Waals surface area contributed by atoms with Crippen molar-refractivity contribution in [1.82, 2.24) is 20.4 Å². The molecule has 3 aliphatic heterocycles. The van der Waals surface area contributed by atoms with Crippen molar-refractivity contribution in [1.29, 1.82) is 0 Å². The van der Waals surface area contributed by atoms with Crippen molar-refractivity contribution in [3.05, 3.63) is 29.5 Å². The molecule has 0 amide bonds. The van der Waals surface area contributed by atoms with Crippen molar-refractivity contribution in [3.63, 3.8) is 0 Å². The van der Waals surface area contributed by atoms with Crippen LogP contribution in [0.3, 0.4) is 0 Å². The van der Waals surface area contributed by atoms with Gasteiger partial charge in [0, 0.05) is 24.5 Å². The van der Waals surface area contributed by atoms with Crippen LogP contribution in [0.1, 0.15) is 30.3 Å². The molecule has 1 atom stereocenters. The smallest absolute Gasteiger partial charge is 1.00 e. The minimum absolute atomic E-state index is 0. The first-order chi connectivity index (χ1) is 10.7. The quantitative estimate of drug-likeness (QED) is 0.603. The molecule has 4 heterocycles. The van der Waals surface area contributed by atoms with Gasteiger partial charge in [-0.3, -0.25) is 5.10 Å². The first-order valence-electron chi connectivity index (χ1n) is 7.87. The number of benzene rings is 1. The zero-order chi connectivity index (χ0) is 15.1. The van der Waals surface area contributed by atoms with Gasteiger partial charge >= 0.3 is 24.8 Å². The fraction of sp³-hybridized carbons (Fsp3) is 0.500. The van der Waals surface area contributed by atoms with Gasteiger partial charge in [0.15, 0.2) is 0 Å². The number of carboxylic acid groups (broad SMARTS) is 1. The molecule has 2 aromatic rings. The number of carboxylic acids is 1. The van der Waals surface area contributed by atoms with E-state index in [0.717, 1.165) is 23.5 Å². The molecule has 7 heteroatoms. The number of hydrogen-bond acceptors (Lipinski definition) is 4. The van der Waals surface area contributed by atoms with Crippen LogP contribution >= 0.6 is 0 Å². The van der Waals surface area contributed by atoms with E-state index in [1.165, 1.54) is 25.9 Å².